The Balaban J connectivity index is 0. The van der Waals surface area contributed by atoms with E-state index in [1.807, 2.05) is 7.05 Å². The Hall–Kier alpha value is -0.360. The van der Waals surface area contributed by atoms with E-state index >= 15 is 0 Å². The minimum Gasteiger partial charge on any atom is -0.349 e. The first-order chi connectivity index (χ1) is 6.74. The molecule has 1 aromatic heterocycles. The number of hydrogen-bond acceptors (Lipinski definition) is 3. The number of rotatable bonds is 4. The molecule has 1 amide bonds. The van der Waals surface area contributed by atoms with Crippen molar-refractivity contribution in [3.8, 4) is 0 Å². The van der Waals surface area contributed by atoms with Gasteiger partial charge in [-0.2, -0.15) is 0 Å². The topological polar surface area (TPSA) is 54.0 Å². The van der Waals surface area contributed by atoms with Gasteiger partial charge in [0.1, 0.15) is 5.69 Å². The largest absolute Gasteiger partial charge is 0.349 e. The monoisotopic (exact) mass is 329 g/mol. The Kier molecular flexibility index (Phi) is 11.1. The van der Waals surface area contributed by atoms with Crippen molar-refractivity contribution in [2.75, 3.05) is 20.1 Å². The van der Waals surface area contributed by atoms with Crippen molar-refractivity contribution in [3.05, 3.63) is 28.5 Å². The molecule has 0 atom stereocenters. The Morgan fingerprint density at radius 3 is 2.56 bits per heavy atom. The summed E-state index contributed by atoms with van der Waals surface area (Å²) >= 11 is 3.25. The normalized spacial score (nSPS) is 8.62. The number of nitrogens with one attached hydrogen (secondary N) is 2. The van der Waals surface area contributed by atoms with E-state index in [-0.39, 0.29) is 30.7 Å². The summed E-state index contributed by atoms with van der Waals surface area (Å²) in [4.78, 5) is 15.4. The second-order valence-electron chi connectivity index (χ2n) is 2.72. The third kappa shape index (κ3) is 6.27. The van der Waals surface area contributed by atoms with E-state index in [4.69, 9.17) is 0 Å². The molecule has 0 spiro atoms. The second-order valence-corrected chi connectivity index (χ2v) is 3.64. The molecule has 0 fully saturated rings. The van der Waals surface area contributed by atoms with Crippen molar-refractivity contribution < 1.29 is 4.79 Å². The van der Waals surface area contributed by atoms with Crippen molar-refractivity contribution in [1.29, 1.82) is 0 Å². The van der Waals surface area contributed by atoms with Crippen molar-refractivity contribution in [3.63, 3.8) is 0 Å². The van der Waals surface area contributed by atoms with Gasteiger partial charge in [-0.25, -0.2) is 4.98 Å². The van der Waals surface area contributed by atoms with Crippen LogP contribution < -0.4 is 10.6 Å². The van der Waals surface area contributed by atoms with Crippen LogP contribution in [-0.4, -0.2) is 31.0 Å². The van der Waals surface area contributed by atoms with Crippen molar-refractivity contribution >= 4 is 46.7 Å². The highest BCUT2D eigenvalue weighted by molar-refractivity contribution is 9.10. The maximum atomic E-state index is 11.4. The number of carbonyl (C=O) groups is 1. The first kappa shape index (κ1) is 18.0. The number of hydrogen-bond donors (Lipinski definition) is 2. The molecule has 1 rings (SSSR count). The van der Waals surface area contributed by atoms with Crippen molar-refractivity contribution in [1.82, 2.24) is 15.6 Å². The van der Waals surface area contributed by atoms with Crippen LogP contribution in [0, 0.1) is 0 Å². The quantitative estimate of drug-likeness (QED) is 0.825. The fourth-order valence-electron chi connectivity index (χ4n) is 0.902. The first-order valence-electron chi connectivity index (χ1n) is 4.28. The van der Waals surface area contributed by atoms with Gasteiger partial charge in [-0.15, -0.1) is 24.8 Å². The minimum atomic E-state index is -0.146. The van der Waals surface area contributed by atoms with Crippen LogP contribution in [-0.2, 0) is 0 Å². The molecule has 0 unspecified atom stereocenters. The molecule has 2 N–H and O–H groups in total. The van der Waals surface area contributed by atoms with Gasteiger partial charge in [0, 0.05) is 23.8 Å². The molecule has 16 heavy (non-hydrogen) atoms. The van der Waals surface area contributed by atoms with E-state index in [0.29, 0.717) is 12.2 Å². The zero-order valence-electron chi connectivity index (χ0n) is 8.70. The van der Waals surface area contributed by atoms with Gasteiger partial charge >= 0.3 is 0 Å². The van der Waals surface area contributed by atoms with Crippen molar-refractivity contribution in [2.45, 2.75) is 0 Å². The maximum absolute atomic E-state index is 11.4. The van der Waals surface area contributed by atoms with Gasteiger partial charge in [0.05, 0.1) is 0 Å². The van der Waals surface area contributed by atoms with Crippen LogP contribution in [0.5, 0.6) is 0 Å². The van der Waals surface area contributed by atoms with E-state index in [2.05, 4.69) is 31.5 Å². The lowest BCUT2D eigenvalue weighted by Gasteiger charge is -2.03. The molecule has 0 saturated heterocycles. The molecule has 4 nitrogen and oxygen atoms in total. The number of carbonyl (C=O) groups excluding carboxylic acids is 1. The number of pyridine rings is 1. The van der Waals surface area contributed by atoms with Crippen LogP contribution in [0.2, 0.25) is 0 Å². The summed E-state index contributed by atoms with van der Waals surface area (Å²) in [6, 6.07) is 3.47. The van der Waals surface area contributed by atoms with Crippen LogP contribution in [0.4, 0.5) is 0 Å². The molecule has 7 heteroatoms. The van der Waals surface area contributed by atoms with Gasteiger partial charge in [0.25, 0.3) is 5.91 Å². The van der Waals surface area contributed by atoms with E-state index < -0.39 is 0 Å². The summed E-state index contributed by atoms with van der Waals surface area (Å²) in [6.45, 7) is 1.36. The standard InChI is InChI=1S/C9H12BrN3O.2ClH/c1-11-4-5-12-9(14)8-3-2-7(10)6-13-8;;/h2-3,6,11H,4-5H2,1H3,(H,12,14);2*1H. The molecule has 0 aliphatic rings. The number of halogens is 3. The number of likely N-dealkylation sites (N-methyl/N-ethyl adjacent to an activating group) is 1. The Bertz CT molecular complexity index is 308. The summed E-state index contributed by atoms with van der Waals surface area (Å²) in [5.74, 6) is -0.146. The Morgan fingerprint density at radius 2 is 2.06 bits per heavy atom. The third-order valence-electron chi connectivity index (χ3n) is 1.62. The number of nitrogens with zero attached hydrogens (tertiary/aromatic N) is 1. The molecule has 1 aromatic rings. The maximum Gasteiger partial charge on any atom is 0.269 e. The van der Waals surface area contributed by atoms with Crippen LogP contribution >= 0.6 is 40.7 Å². The fourth-order valence-corrected chi connectivity index (χ4v) is 1.14. The summed E-state index contributed by atoms with van der Waals surface area (Å²) in [5, 5.41) is 5.68. The molecule has 92 valence electrons. The third-order valence-corrected chi connectivity index (χ3v) is 2.09. The molecule has 0 aromatic carbocycles. The van der Waals surface area contributed by atoms with Crippen molar-refractivity contribution in [2.24, 2.45) is 0 Å². The molecule has 0 saturated carbocycles. The lowest BCUT2D eigenvalue weighted by molar-refractivity contribution is 0.0949. The van der Waals surface area contributed by atoms with Crippen LogP contribution in [0.1, 0.15) is 10.5 Å². The van der Waals surface area contributed by atoms with E-state index in [1.165, 1.54) is 0 Å². The highest BCUT2D eigenvalue weighted by Crippen LogP contribution is 2.06. The molecular formula is C9H14BrCl2N3O. The second kappa shape index (κ2) is 9.84. The van der Waals surface area contributed by atoms with Crippen LogP contribution in [0.15, 0.2) is 22.8 Å². The van der Waals surface area contributed by atoms with E-state index in [0.717, 1.165) is 11.0 Å². The average molecular weight is 331 g/mol. The lowest BCUT2D eigenvalue weighted by Crippen LogP contribution is -2.30. The predicted molar refractivity (Wildman–Crippen MR) is 72.7 cm³/mol. The van der Waals surface area contributed by atoms with Gasteiger partial charge in [-0.1, -0.05) is 0 Å². The fraction of sp³-hybridized carbons (Fsp3) is 0.333. The molecule has 0 aliphatic heterocycles. The predicted octanol–water partition coefficient (Wildman–Crippen LogP) is 1.64. The van der Waals surface area contributed by atoms with Crippen LogP contribution in [0.25, 0.3) is 0 Å². The minimum absolute atomic E-state index is 0. The number of aromatic nitrogens is 1. The van der Waals surface area contributed by atoms with Gasteiger partial charge < -0.3 is 10.6 Å². The SMILES string of the molecule is CNCCNC(=O)c1ccc(Br)cn1.Cl.Cl. The molecule has 0 bridgehead atoms. The highest BCUT2D eigenvalue weighted by Gasteiger charge is 2.04. The summed E-state index contributed by atoms with van der Waals surface area (Å²) in [6.07, 6.45) is 1.60. The summed E-state index contributed by atoms with van der Waals surface area (Å²) in [5.41, 5.74) is 0.435. The van der Waals surface area contributed by atoms with Gasteiger partial charge in [-0.05, 0) is 35.1 Å². The van der Waals surface area contributed by atoms with Gasteiger partial charge in [-0.3, -0.25) is 4.79 Å². The number of amides is 1. The molecule has 0 aliphatic carbocycles. The average Bonchev–Trinajstić information content (AvgIpc) is 2.19. The first-order valence-corrected chi connectivity index (χ1v) is 5.07. The van der Waals surface area contributed by atoms with Gasteiger partial charge in [0.15, 0.2) is 0 Å². The summed E-state index contributed by atoms with van der Waals surface area (Å²) in [7, 11) is 1.84. The van der Waals surface area contributed by atoms with E-state index in [1.54, 1.807) is 18.3 Å². The van der Waals surface area contributed by atoms with E-state index in [9.17, 15) is 4.79 Å². The van der Waals surface area contributed by atoms with Crippen LogP contribution in [0.3, 0.4) is 0 Å². The molecule has 1 heterocycles. The Morgan fingerprint density at radius 1 is 1.38 bits per heavy atom. The highest BCUT2D eigenvalue weighted by atomic mass is 79.9. The lowest BCUT2D eigenvalue weighted by atomic mass is 10.3. The zero-order chi connectivity index (χ0) is 10.4. The Labute approximate surface area is 116 Å². The molecular weight excluding hydrogens is 317 g/mol. The summed E-state index contributed by atoms with van der Waals surface area (Å²) < 4.78 is 0.865. The molecule has 0 radical (unpaired) electrons. The smallest absolute Gasteiger partial charge is 0.269 e. The van der Waals surface area contributed by atoms with Gasteiger partial charge in [0.2, 0.25) is 0 Å². The zero-order valence-corrected chi connectivity index (χ0v) is 11.9.